The van der Waals surface area contributed by atoms with Crippen LogP contribution in [0.25, 0.3) is 27.7 Å². The molecule has 0 unspecified atom stereocenters. The predicted molar refractivity (Wildman–Crippen MR) is 125 cm³/mol. The summed E-state index contributed by atoms with van der Waals surface area (Å²) in [5, 5.41) is 14.6. The largest absolute Gasteiger partial charge is 0.382 e. The molecule has 4 rings (SSSR count). The summed E-state index contributed by atoms with van der Waals surface area (Å²) in [5.41, 5.74) is 2.96. The molecule has 0 spiro atoms. The van der Waals surface area contributed by atoms with Gasteiger partial charge >= 0.3 is 0 Å². The molecule has 0 atom stereocenters. The number of fused-ring (bicyclic) bond motifs is 1. The van der Waals surface area contributed by atoms with Crippen LogP contribution in [0.5, 0.6) is 0 Å². The van der Waals surface area contributed by atoms with Crippen LogP contribution >= 0.6 is 23.2 Å². The second-order valence-corrected chi connectivity index (χ2v) is 8.28. The Morgan fingerprint density at radius 1 is 1.03 bits per heavy atom. The van der Waals surface area contributed by atoms with Crippen molar-refractivity contribution in [3.8, 4) is 11.1 Å². The van der Waals surface area contributed by atoms with E-state index in [-0.39, 0.29) is 0 Å². The molecule has 0 bridgehead atoms. The molecule has 0 aliphatic carbocycles. The summed E-state index contributed by atoms with van der Waals surface area (Å²) in [7, 11) is 0. The second kappa shape index (κ2) is 8.23. The molecule has 3 heterocycles. The van der Waals surface area contributed by atoms with Crippen LogP contribution in [0.15, 0.2) is 61.7 Å². The smallest absolute Gasteiger partial charge is 0.159 e. The summed E-state index contributed by atoms with van der Waals surface area (Å²) in [4.78, 5) is 17.2. The van der Waals surface area contributed by atoms with Crippen LogP contribution in [0.1, 0.15) is 25.4 Å². The number of nitrogens with one attached hydrogen (secondary N) is 1. The average Bonchev–Trinajstić information content (AvgIpc) is 2.76. The molecule has 0 saturated carbocycles. The fraction of sp³-hybridized carbons (Fsp3) is 0.130. The minimum Gasteiger partial charge on any atom is -0.382 e. The SMILES string of the molecule is C=C(Nc1cccnc1)c1nc2ccc(-c3cnc(C(C)(C)O)nc3)cc2c(Cl)c1Cl. The molecule has 31 heavy (non-hydrogen) atoms. The van der Waals surface area contributed by atoms with Gasteiger partial charge in [0.15, 0.2) is 5.82 Å². The van der Waals surface area contributed by atoms with E-state index in [2.05, 4.69) is 31.8 Å². The number of halogens is 2. The third-order valence-corrected chi connectivity index (χ3v) is 5.50. The molecular formula is C23H19Cl2N5O. The van der Waals surface area contributed by atoms with Crippen LogP contribution in [0, 0.1) is 0 Å². The van der Waals surface area contributed by atoms with Crippen LogP contribution in [-0.4, -0.2) is 25.0 Å². The molecule has 0 radical (unpaired) electrons. The summed E-state index contributed by atoms with van der Waals surface area (Å²) in [5.74, 6) is 0.351. The van der Waals surface area contributed by atoms with E-state index in [4.69, 9.17) is 23.2 Å². The molecule has 1 aromatic carbocycles. The Morgan fingerprint density at radius 2 is 1.77 bits per heavy atom. The number of hydrogen-bond acceptors (Lipinski definition) is 6. The van der Waals surface area contributed by atoms with Gasteiger partial charge in [-0.25, -0.2) is 15.0 Å². The first-order chi connectivity index (χ1) is 14.7. The van der Waals surface area contributed by atoms with Crippen molar-refractivity contribution in [3.05, 3.63) is 83.3 Å². The molecule has 0 aliphatic heterocycles. The molecule has 4 aromatic rings. The number of aromatic nitrogens is 4. The molecule has 0 fully saturated rings. The number of rotatable bonds is 5. The Kier molecular flexibility index (Phi) is 5.62. The van der Waals surface area contributed by atoms with Gasteiger partial charge in [0.1, 0.15) is 11.3 Å². The van der Waals surface area contributed by atoms with E-state index in [9.17, 15) is 5.11 Å². The first-order valence-electron chi connectivity index (χ1n) is 9.44. The van der Waals surface area contributed by atoms with Crippen LogP contribution in [0.3, 0.4) is 0 Å². The van der Waals surface area contributed by atoms with Crippen molar-refractivity contribution in [2.45, 2.75) is 19.4 Å². The fourth-order valence-electron chi connectivity index (χ4n) is 3.04. The van der Waals surface area contributed by atoms with Gasteiger partial charge in [-0.3, -0.25) is 4.98 Å². The summed E-state index contributed by atoms with van der Waals surface area (Å²) in [6, 6.07) is 9.34. The monoisotopic (exact) mass is 451 g/mol. The van der Waals surface area contributed by atoms with E-state index < -0.39 is 5.60 Å². The molecule has 0 aliphatic rings. The van der Waals surface area contributed by atoms with Crippen molar-refractivity contribution >= 4 is 45.5 Å². The highest BCUT2D eigenvalue weighted by molar-refractivity contribution is 6.46. The van der Waals surface area contributed by atoms with Gasteiger partial charge in [-0.15, -0.1) is 0 Å². The molecular weight excluding hydrogens is 433 g/mol. The molecule has 3 aromatic heterocycles. The normalized spacial score (nSPS) is 11.5. The van der Waals surface area contributed by atoms with Crippen molar-refractivity contribution in [1.29, 1.82) is 0 Å². The zero-order chi connectivity index (χ0) is 22.2. The fourth-order valence-corrected chi connectivity index (χ4v) is 3.54. The average molecular weight is 452 g/mol. The highest BCUT2D eigenvalue weighted by Gasteiger charge is 2.20. The van der Waals surface area contributed by atoms with E-state index in [1.807, 2.05) is 30.3 Å². The Morgan fingerprint density at radius 3 is 2.42 bits per heavy atom. The molecule has 6 nitrogen and oxygen atoms in total. The summed E-state index contributed by atoms with van der Waals surface area (Å²) in [6.07, 6.45) is 6.70. The number of nitrogens with zero attached hydrogens (tertiary/aromatic N) is 4. The third kappa shape index (κ3) is 4.37. The van der Waals surface area contributed by atoms with Gasteiger partial charge in [0.2, 0.25) is 0 Å². The highest BCUT2D eigenvalue weighted by Crippen LogP contribution is 2.36. The van der Waals surface area contributed by atoms with Gasteiger partial charge in [0, 0.05) is 29.5 Å². The zero-order valence-electron chi connectivity index (χ0n) is 16.9. The van der Waals surface area contributed by atoms with Gasteiger partial charge < -0.3 is 10.4 Å². The maximum atomic E-state index is 10.0. The Hall–Kier alpha value is -3.06. The van der Waals surface area contributed by atoms with Crippen LogP contribution < -0.4 is 5.32 Å². The van der Waals surface area contributed by atoms with E-state index in [1.54, 1.807) is 38.6 Å². The van der Waals surface area contributed by atoms with Crippen LogP contribution in [0.4, 0.5) is 5.69 Å². The lowest BCUT2D eigenvalue weighted by Gasteiger charge is -2.15. The van der Waals surface area contributed by atoms with Gasteiger partial charge in [0.05, 0.1) is 33.1 Å². The lowest BCUT2D eigenvalue weighted by Crippen LogP contribution is -2.19. The standard InChI is InChI=1S/C23H19Cl2N5O/c1-13(29-16-5-4-8-26-12-16)21-20(25)19(24)17-9-14(6-7-18(17)30-21)15-10-27-22(28-11-15)23(2,3)31/h4-12,29,31H,1H2,2-3H3. The summed E-state index contributed by atoms with van der Waals surface area (Å²) in [6.45, 7) is 7.32. The number of pyridine rings is 2. The summed E-state index contributed by atoms with van der Waals surface area (Å²) < 4.78 is 0. The van der Waals surface area contributed by atoms with E-state index >= 15 is 0 Å². The maximum absolute atomic E-state index is 10.0. The lowest BCUT2D eigenvalue weighted by atomic mass is 10.0. The first-order valence-corrected chi connectivity index (χ1v) is 10.2. The van der Waals surface area contributed by atoms with Crippen molar-refractivity contribution in [1.82, 2.24) is 19.9 Å². The summed E-state index contributed by atoms with van der Waals surface area (Å²) >= 11 is 13.1. The van der Waals surface area contributed by atoms with Crippen molar-refractivity contribution in [2.75, 3.05) is 5.32 Å². The Bertz CT molecular complexity index is 1270. The maximum Gasteiger partial charge on any atom is 0.159 e. The second-order valence-electron chi connectivity index (χ2n) is 7.52. The quantitative estimate of drug-likeness (QED) is 0.404. The predicted octanol–water partition coefficient (Wildman–Crippen LogP) is 5.70. The highest BCUT2D eigenvalue weighted by atomic mass is 35.5. The third-order valence-electron chi connectivity index (χ3n) is 4.64. The van der Waals surface area contributed by atoms with E-state index in [0.29, 0.717) is 38.2 Å². The Balaban J connectivity index is 1.70. The van der Waals surface area contributed by atoms with Crippen molar-refractivity contribution < 1.29 is 5.11 Å². The van der Waals surface area contributed by atoms with Gasteiger partial charge in [-0.2, -0.15) is 0 Å². The lowest BCUT2D eigenvalue weighted by molar-refractivity contribution is 0.0687. The Labute approximate surface area is 189 Å². The zero-order valence-corrected chi connectivity index (χ0v) is 18.4. The molecule has 0 saturated heterocycles. The molecule has 0 amide bonds. The number of hydrogen-bond donors (Lipinski definition) is 2. The van der Waals surface area contributed by atoms with Gasteiger partial charge in [-0.1, -0.05) is 35.8 Å². The van der Waals surface area contributed by atoms with E-state index in [1.165, 1.54) is 0 Å². The van der Waals surface area contributed by atoms with Crippen molar-refractivity contribution in [3.63, 3.8) is 0 Å². The minimum atomic E-state index is -1.11. The van der Waals surface area contributed by atoms with Crippen molar-refractivity contribution in [2.24, 2.45) is 0 Å². The number of aliphatic hydroxyl groups is 1. The topological polar surface area (TPSA) is 83.8 Å². The van der Waals surface area contributed by atoms with E-state index in [0.717, 1.165) is 16.8 Å². The minimum absolute atomic E-state index is 0.307. The van der Waals surface area contributed by atoms with Crippen LogP contribution in [0.2, 0.25) is 10.0 Å². The molecule has 2 N–H and O–H groups in total. The van der Waals surface area contributed by atoms with Crippen LogP contribution in [-0.2, 0) is 5.60 Å². The molecule has 156 valence electrons. The number of benzene rings is 1. The van der Waals surface area contributed by atoms with Gasteiger partial charge in [0.25, 0.3) is 0 Å². The molecule has 8 heteroatoms. The number of anilines is 1. The van der Waals surface area contributed by atoms with Gasteiger partial charge in [-0.05, 0) is 43.7 Å². The first kappa shape index (κ1) is 21.2.